The first-order valence-corrected chi connectivity index (χ1v) is 7.17. The summed E-state index contributed by atoms with van der Waals surface area (Å²) in [5, 5.41) is 12.7. The lowest BCUT2D eigenvalue weighted by molar-refractivity contribution is -0.149. The molecule has 0 aromatic heterocycles. The monoisotopic (exact) mass is 268 g/mol. The van der Waals surface area contributed by atoms with Gasteiger partial charge in [-0.15, -0.1) is 0 Å². The molecule has 0 spiro atoms. The fourth-order valence-corrected chi connectivity index (χ4v) is 3.39. The Balaban J connectivity index is 2.08. The van der Waals surface area contributed by atoms with Crippen LogP contribution in [-0.4, -0.2) is 48.1 Å². The van der Waals surface area contributed by atoms with Crippen molar-refractivity contribution in [3.05, 3.63) is 0 Å². The van der Waals surface area contributed by atoms with E-state index in [1.54, 1.807) is 4.90 Å². The number of hydrogen-bond donors (Lipinski definition) is 2. The molecule has 2 atom stereocenters. The van der Waals surface area contributed by atoms with Gasteiger partial charge in [-0.25, -0.2) is 0 Å². The van der Waals surface area contributed by atoms with E-state index in [-0.39, 0.29) is 11.3 Å². The molecule has 2 heterocycles. The van der Waals surface area contributed by atoms with Crippen LogP contribution in [0.15, 0.2) is 0 Å². The van der Waals surface area contributed by atoms with Gasteiger partial charge in [0.05, 0.1) is 10.8 Å². The fourth-order valence-electron chi connectivity index (χ4n) is 3.39. The summed E-state index contributed by atoms with van der Waals surface area (Å²) in [6, 6.07) is 0. The molecular weight excluding hydrogens is 244 g/mol. The molecule has 2 N–H and O–H groups in total. The van der Waals surface area contributed by atoms with E-state index < -0.39 is 11.4 Å². The predicted molar refractivity (Wildman–Crippen MR) is 71.8 cm³/mol. The van der Waals surface area contributed by atoms with Gasteiger partial charge in [-0.2, -0.15) is 0 Å². The smallest absolute Gasteiger partial charge is 0.311 e. The second kappa shape index (κ2) is 5.12. The van der Waals surface area contributed by atoms with Gasteiger partial charge in [-0.05, 0) is 32.7 Å². The van der Waals surface area contributed by atoms with E-state index in [2.05, 4.69) is 5.32 Å². The van der Waals surface area contributed by atoms with Crippen LogP contribution in [0.2, 0.25) is 0 Å². The van der Waals surface area contributed by atoms with Crippen molar-refractivity contribution in [1.82, 2.24) is 10.2 Å². The first kappa shape index (κ1) is 14.3. The Morgan fingerprint density at radius 1 is 1.37 bits per heavy atom. The Morgan fingerprint density at radius 3 is 2.63 bits per heavy atom. The quantitative estimate of drug-likeness (QED) is 0.801. The molecule has 0 saturated carbocycles. The van der Waals surface area contributed by atoms with Crippen molar-refractivity contribution in [2.24, 2.45) is 10.8 Å². The zero-order chi connectivity index (χ0) is 14.1. The molecule has 0 bridgehead atoms. The number of likely N-dealkylation sites (tertiary alicyclic amines) is 1. The normalized spacial score (nSPS) is 34.7. The van der Waals surface area contributed by atoms with E-state index in [4.69, 9.17) is 0 Å². The molecule has 2 rings (SSSR count). The minimum Gasteiger partial charge on any atom is -0.481 e. The molecule has 5 nitrogen and oxygen atoms in total. The summed E-state index contributed by atoms with van der Waals surface area (Å²) in [6.07, 6.45) is 2.93. The predicted octanol–water partition coefficient (Wildman–Crippen LogP) is 1.09. The van der Waals surface area contributed by atoms with Gasteiger partial charge in [0, 0.05) is 19.6 Å². The van der Waals surface area contributed by atoms with Gasteiger partial charge in [-0.1, -0.05) is 13.3 Å². The maximum absolute atomic E-state index is 12.6. The summed E-state index contributed by atoms with van der Waals surface area (Å²) in [4.78, 5) is 25.9. The Kier molecular flexibility index (Phi) is 3.85. The molecular formula is C14H24N2O3. The molecule has 0 aromatic carbocycles. The molecule has 2 aliphatic rings. The number of carboxylic acid groups (broad SMARTS) is 1. The molecule has 19 heavy (non-hydrogen) atoms. The van der Waals surface area contributed by atoms with Crippen molar-refractivity contribution >= 4 is 11.9 Å². The number of aliphatic carboxylic acids is 1. The molecule has 0 aliphatic carbocycles. The van der Waals surface area contributed by atoms with Gasteiger partial charge in [0.1, 0.15) is 0 Å². The highest BCUT2D eigenvalue weighted by Crippen LogP contribution is 2.38. The first-order chi connectivity index (χ1) is 8.93. The van der Waals surface area contributed by atoms with Crippen LogP contribution in [0.4, 0.5) is 0 Å². The Labute approximate surface area is 114 Å². The van der Waals surface area contributed by atoms with Crippen LogP contribution < -0.4 is 5.32 Å². The highest BCUT2D eigenvalue weighted by molar-refractivity contribution is 5.85. The lowest BCUT2D eigenvalue weighted by Gasteiger charge is -2.30. The molecule has 0 radical (unpaired) electrons. The topological polar surface area (TPSA) is 69.6 Å². The average Bonchev–Trinajstić information content (AvgIpc) is 2.97. The van der Waals surface area contributed by atoms with Gasteiger partial charge in [-0.3, -0.25) is 9.59 Å². The number of carboxylic acids is 1. The van der Waals surface area contributed by atoms with E-state index >= 15 is 0 Å². The number of carbonyl (C=O) groups is 2. The van der Waals surface area contributed by atoms with Crippen molar-refractivity contribution in [2.75, 3.05) is 26.2 Å². The summed E-state index contributed by atoms with van der Waals surface area (Å²) in [5.74, 6) is -0.629. The van der Waals surface area contributed by atoms with Gasteiger partial charge in [0.15, 0.2) is 0 Å². The Hall–Kier alpha value is -1.10. The standard InChI is InChI=1S/C14H24N2O3/c1-3-4-14(12(18)19)6-8-16(10-14)11(17)13(2)5-7-15-9-13/h15H,3-10H2,1-2H3,(H,18,19). The largest absolute Gasteiger partial charge is 0.481 e. The molecule has 2 saturated heterocycles. The van der Waals surface area contributed by atoms with Crippen LogP contribution >= 0.6 is 0 Å². The lowest BCUT2D eigenvalue weighted by atomic mass is 9.82. The first-order valence-electron chi connectivity index (χ1n) is 7.17. The lowest BCUT2D eigenvalue weighted by Crippen LogP contribution is -2.44. The van der Waals surface area contributed by atoms with Gasteiger partial charge in [0.25, 0.3) is 0 Å². The summed E-state index contributed by atoms with van der Waals surface area (Å²) in [5.41, 5.74) is -1.06. The van der Waals surface area contributed by atoms with E-state index in [1.807, 2.05) is 13.8 Å². The van der Waals surface area contributed by atoms with E-state index in [0.717, 1.165) is 19.4 Å². The van der Waals surface area contributed by atoms with Gasteiger partial charge in [0.2, 0.25) is 5.91 Å². The Bertz CT molecular complexity index is 377. The molecule has 2 aliphatic heterocycles. The second-order valence-electron chi connectivity index (χ2n) is 6.30. The number of hydrogen-bond acceptors (Lipinski definition) is 3. The van der Waals surface area contributed by atoms with E-state index in [9.17, 15) is 14.7 Å². The molecule has 1 amide bonds. The summed E-state index contributed by atoms with van der Waals surface area (Å²) in [6.45, 7) is 6.52. The highest BCUT2D eigenvalue weighted by Gasteiger charge is 2.49. The molecule has 0 aromatic rings. The maximum atomic E-state index is 12.6. The molecule has 2 fully saturated rings. The van der Waals surface area contributed by atoms with Crippen molar-refractivity contribution < 1.29 is 14.7 Å². The van der Waals surface area contributed by atoms with Gasteiger partial charge < -0.3 is 15.3 Å². The summed E-state index contributed by atoms with van der Waals surface area (Å²) < 4.78 is 0. The minimum atomic E-state index is -0.751. The molecule has 108 valence electrons. The van der Waals surface area contributed by atoms with Gasteiger partial charge >= 0.3 is 5.97 Å². The third kappa shape index (κ3) is 2.48. The number of nitrogens with one attached hydrogen (secondary N) is 1. The van der Waals surface area contributed by atoms with Crippen molar-refractivity contribution in [2.45, 2.75) is 39.5 Å². The van der Waals surface area contributed by atoms with Crippen LogP contribution in [0.1, 0.15) is 39.5 Å². The minimum absolute atomic E-state index is 0.122. The summed E-state index contributed by atoms with van der Waals surface area (Å²) in [7, 11) is 0. The van der Waals surface area contributed by atoms with Crippen molar-refractivity contribution in [3.63, 3.8) is 0 Å². The number of nitrogens with zero attached hydrogens (tertiary/aromatic N) is 1. The molecule has 2 unspecified atom stereocenters. The SMILES string of the molecule is CCCC1(C(=O)O)CCN(C(=O)C2(C)CCNC2)C1. The third-order valence-corrected chi connectivity index (χ3v) is 4.71. The zero-order valence-electron chi connectivity index (χ0n) is 11.9. The average molecular weight is 268 g/mol. The Morgan fingerprint density at radius 2 is 2.11 bits per heavy atom. The zero-order valence-corrected chi connectivity index (χ0v) is 11.9. The van der Waals surface area contributed by atoms with Crippen LogP contribution in [-0.2, 0) is 9.59 Å². The van der Waals surface area contributed by atoms with Crippen molar-refractivity contribution in [3.8, 4) is 0 Å². The van der Waals surface area contributed by atoms with Crippen LogP contribution in [0.3, 0.4) is 0 Å². The second-order valence-corrected chi connectivity index (χ2v) is 6.30. The summed E-state index contributed by atoms with van der Waals surface area (Å²) >= 11 is 0. The van der Waals surface area contributed by atoms with Crippen LogP contribution in [0.5, 0.6) is 0 Å². The van der Waals surface area contributed by atoms with E-state index in [1.165, 1.54) is 0 Å². The van der Waals surface area contributed by atoms with Crippen LogP contribution in [0.25, 0.3) is 0 Å². The third-order valence-electron chi connectivity index (χ3n) is 4.71. The molecule has 5 heteroatoms. The van der Waals surface area contributed by atoms with Crippen LogP contribution in [0, 0.1) is 10.8 Å². The maximum Gasteiger partial charge on any atom is 0.311 e. The number of amides is 1. The van der Waals surface area contributed by atoms with Crippen molar-refractivity contribution in [1.29, 1.82) is 0 Å². The number of carbonyl (C=O) groups excluding carboxylic acids is 1. The highest BCUT2D eigenvalue weighted by atomic mass is 16.4. The number of rotatable bonds is 4. The van der Waals surface area contributed by atoms with E-state index in [0.29, 0.717) is 32.5 Å². The fraction of sp³-hybridized carbons (Fsp3) is 0.857.